The number of carbonyl (C=O) groups excluding carboxylic acids is 1. The molecule has 110 valence electrons. The molecule has 1 aromatic carbocycles. The molecule has 0 unspecified atom stereocenters. The predicted octanol–water partition coefficient (Wildman–Crippen LogP) is 2.99. The molecule has 6 nitrogen and oxygen atoms in total. The predicted molar refractivity (Wildman–Crippen MR) is 81.9 cm³/mol. The number of hydrogen-bond donors (Lipinski definition) is 2. The average Bonchev–Trinajstić information content (AvgIpc) is 2.82. The maximum absolute atomic E-state index is 11.8. The van der Waals surface area contributed by atoms with Crippen molar-refractivity contribution in [3.05, 3.63) is 46.1 Å². The molecule has 0 saturated carbocycles. The van der Waals surface area contributed by atoms with Crippen LogP contribution in [0.3, 0.4) is 0 Å². The zero-order chi connectivity index (χ0) is 15.2. The summed E-state index contributed by atoms with van der Waals surface area (Å²) in [6.45, 7) is 3.78. The number of benzene rings is 1. The maximum Gasteiger partial charge on any atom is 0.343 e. The lowest BCUT2D eigenvalue weighted by Gasteiger charge is -2.03. The van der Waals surface area contributed by atoms with E-state index in [0.29, 0.717) is 28.7 Å². The topological polar surface area (TPSA) is 79.4 Å². The molecule has 0 aliphatic rings. The fourth-order valence-electron chi connectivity index (χ4n) is 1.71. The van der Waals surface area contributed by atoms with Crippen LogP contribution in [0.15, 0.2) is 29.4 Å². The third-order valence-corrected chi connectivity index (χ3v) is 3.05. The zero-order valence-corrected chi connectivity index (χ0v) is 12.4. The van der Waals surface area contributed by atoms with E-state index in [4.69, 9.17) is 16.3 Å². The van der Waals surface area contributed by atoms with Crippen molar-refractivity contribution in [2.24, 2.45) is 5.10 Å². The minimum absolute atomic E-state index is 0.297. The van der Waals surface area contributed by atoms with Crippen LogP contribution in [0.5, 0.6) is 0 Å². The van der Waals surface area contributed by atoms with Gasteiger partial charge in [-0.25, -0.2) is 4.79 Å². The van der Waals surface area contributed by atoms with E-state index in [1.807, 2.05) is 18.2 Å². The zero-order valence-electron chi connectivity index (χ0n) is 11.7. The van der Waals surface area contributed by atoms with E-state index in [-0.39, 0.29) is 0 Å². The third-order valence-electron chi connectivity index (χ3n) is 2.71. The number of rotatable bonds is 5. The summed E-state index contributed by atoms with van der Waals surface area (Å²) in [5, 5.41) is 11.3. The lowest BCUT2D eigenvalue weighted by Crippen LogP contribution is -2.08. The first-order valence-corrected chi connectivity index (χ1v) is 6.77. The Bertz CT molecular complexity index is 667. The van der Waals surface area contributed by atoms with Crippen LogP contribution in [-0.2, 0) is 4.74 Å². The highest BCUT2D eigenvalue weighted by Crippen LogP contribution is 2.17. The number of hydrazone groups is 1. The van der Waals surface area contributed by atoms with Crippen molar-refractivity contribution in [1.82, 2.24) is 10.2 Å². The van der Waals surface area contributed by atoms with E-state index in [1.54, 1.807) is 26.1 Å². The summed E-state index contributed by atoms with van der Waals surface area (Å²) in [7, 11) is 0. The van der Waals surface area contributed by atoms with Crippen LogP contribution in [0.1, 0.15) is 28.5 Å². The summed E-state index contributed by atoms with van der Waals surface area (Å²) in [5.74, 6) is -0.131. The van der Waals surface area contributed by atoms with Gasteiger partial charge in [0, 0.05) is 16.3 Å². The van der Waals surface area contributed by atoms with Crippen molar-refractivity contribution in [2.75, 3.05) is 12.0 Å². The average molecular weight is 307 g/mol. The normalized spacial score (nSPS) is 10.8. The molecule has 1 heterocycles. The summed E-state index contributed by atoms with van der Waals surface area (Å²) in [5.41, 5.74) is 4.43. The van der Waals surface area contributed by atoms with Crippen molar-refractivity contribution in [1.29, 1.82) is 0 Å². The summed E-state index contributed by atoms with van der Waals surface area (Å²) >= 11 is 6.02. The molecule has 1 aromatic heterocycles. The first-order chi connectivity index (χ1) is 10.1. The Kier molecular flexibility index (Phi) is 4.94. The van der Waals surface area contributed by atoms with Gasteiger partial charge in [-0.05, 0) is 19.9 Å². The van der Waals surface area contributed by atoms with Crippen molar-refractivity contribution in [2.45, 2.75) is 13.8 Å². The Morgan fingerprint density at radius 1 is 1.52 bits per heavy atom. The Morgan fingerprint density at radius 2 is 2.29 bits per heavy atom. The molecule has 0 bridgehead atoms. The minimum Gasteiger partial charge on any atom is -0.462 e. The molecule has 0 aliphatic heterocycles. The first-order valence-electron chi connectivity index (χ1n) is 6.39. The van der Waals surface area contributed by atoms with E-state index in [2.05, 4.69) is 20.7 Å². The number of nitrogens with one attached hydrogen (secondary N) is 2. The summed E-state index contributed by atoms with van der Waals surface area (Å²) in [6.07, 6.45) is 1.56. The van der Waals surface area contributed by atoms with Gasteiger partial charge in [0.1, 0.15) is 5.56 Å². The van der Waals surface area contributed by atoms with Crippen LogP contribution in [-0.4, -0.2) is 29.0 Å². The fraction of sp³-hybridized carbons (Fsp3) is 0.214. The van der Waals surface area contributed by atoms with E-state index in [1.165, 1.54) is 0 Å². The van der Waals surface area contributed by atoms with Crippen LogP contribution >= 0.6 is 11.6 Å². The monoisotopic (exact) mass is 306 g/mol. The number of carbonyl (C=O) groups is 1. The Balaban J connectivity index is 2.14. The number of ether oxygens (including phenoxy) is 1. The van der Waals surface area contributed by atoms with Gasteiger partial charge in [0.15, 0.2) is 5.82 Å². The van der Waals surface area contributed by atoms with Gasteiger partial charge in [-0.3, -0.25) is 10.5 Å². The van der Waals surface area contributed by atoms with Gasteiger partial charge in [0.05, 0.1) is 12.8 Å². The van der Waals surface area contributed by atoms with Crippen LogP contribution in [0.2, 0.25) is 5.02 Å². The molecule has 0 amide bonds. The molecule has 0 atom stereocenters. The van der Waals surface area contributed by atoms with Crippen LogP contribution in [0, 0.1) is 6.92 Å². The first kappa shape index (κ1) is 15.1. The minimum atomic E-state index is -0.445. The molecule has 0 radical (unpaired) electrons. The smallest absolute Gasteiger partial charge is 0.343 e. The number of halogens is 1. The van der Waals surface area contributed by atoms with E-state index in [0.717, 1.165) is 5.56 Å². The van der Waals surface area contributed by atoms with Gasteiger partial charge in [0.2, 0.25) is 0 Å². The molecule has 2 N–H and O–H groups in total. The summed E-state index contributed by atoms with van der Waals surface area (Å²) < 4.78 is 4.98. The van der Waals surface area contributed by atoms with E-state index in [9.17, 15) is 4.79 Å². The lowest BCUT2D eigenvalue weighted by atomic mass is 10.2. The molecule has 21 heavy (non-hydrogen) atoms. The molecule has 2 rings (SSSR count). The Hall–Kier alpha value is -2.34. The number of esters is 1. The van der Waals surface area contributed by atoms with E-state index >= 15 is 0 Å². The van der Waals surface area contributed by atoms with Gasteiger partial charge in [-0.1, -0.05) is 29.8 Å². The molecule has 2 aromatic rings. The molecular formula is C14H15ClN4O2. The van der Waals surface area contributed by atoms with Crippen molar-refractivity contribution < 1.29 is 9.53 Å². The van der Waals surface area contributed by atoms with Gasteiger partial charge >= 0.3 is 5.97 Å². The second-order valence-corrected chi connectivity index (χ2v) is 4.59. The largest absolute Gasteiger partial charge is 0.462 e. The number of anilines is 1. The SMILES string of the molecule is CCOC(=O)c1c(NN=Cc2ccccc2Cl)n[nH]c1C. The quantitative estimate of drug-likeness (QED) is 0.505. The third kappa shape index (κ3) is 3.61. The maximum atomic E-state index is 11.8. The highest BCUT2D eigenvalue weighted by molar-refractivity contribution is 6.33. The molecule has 0 fully saturated rings. The van der Waals surface area contributed by atoms with Gasteiger partial charge in [0.25, 0.3) is 0 Å². The van der Waals surface area contributed by atoms with Crippen LogP contribution < -0.4 is 5.43 Å². The Morgan fingerprint density at radius 3 is 3.00 bits per heavy atom. The van der Waals surface area contributed by atoms with E-state index < -0.39 is 5.97 Å². The second kappa shape index (κ2) is 6.90. The molecule has 0 spiro atoms. The number of nitrogens with zero attached hydrogens (tertiary/aromatic N) is 2. The molecule has 0 aliphatic carbocycles. The number of hydrogen-bond acceptors (Lipinski definition) is 5. The lowest BCUT2D eigenvalue weighted by molar-refractivity contribution is 0.0526. The molecular weight excluding hydrogens is 292 g/mol. The summed E-state index contributed by atoms with van der Waals surface area (Å²) in [4.78, 5) is 11.8. The van der Waals surface area contributed by atoms with Gasteiger partial charge < -0.3 is 4.74 Å². The standard InChI is InChI=1S/C14H15ClN4O2/c1-3-21-14(20)12-9(2)17-19-13(12)18-16-8-10-6-4-5-7-11(10)15/h4-8H,3H2,1-2H3,(H2,17,18,19). The number of aromatic amines is 1. The van der Waals surface area contributed by atoms with Crippen LogP contribution in [0.25, 0.3) is 0 Å². The summed E-state index contributed by atoms with van der Waals surface area (Å²) in [6, 6.07) is 7.29. The highest BCUT2D eigenvalue weighted by atomic mass is 35.5. The van der Waals surface area contributed by atoms with Crippen molar-refractivity contribution >= 4 is 29.6 Å². The van der Waals surface area contributed by atoms with Crippen molar-refractivity contribution in [3.8, 4) is 0 Å². The number of aromatic nitrogens is 2. The number of H-pyrrole nitrogens is 1. The van der Waals surface area contributed by atoms with Gasteiger partial charge in [-0.2, -0.15) is 10.2 Å². The van der Waals surface area contributed by atoms with Gasteiger partial charge in [-0.15, -0.1) is 0 Å². The molecule has 0 saturated heterocycles. The van der Waals surface area contributed by atoms with Crippen molar-refractivity contribution in [3.63, 3.8) is 0 Å². The second-order valence-electron chi connectivity index (χ2n) is 4.18. The highest BCUT2D eigenvalue weighted by Gasteiger charge is 2.18. The Labute approximate surface area is 127 Å². The fourth-order valence-corrected chi connectivity index (χ4v) is 1.89. The molecule has 7 heteroatoms. The number of aryl methyl sites for hydroxylation is 1. The van der Waals surface area contributed by atoms with Crippen LogP contribution in [0.4, 0.5) is 5.82 Å².